The zero-order valence-electron chi connectivity index (χ0n) is 10.5. The molecule has 0 fully saturated rings. The highest BCUT2D eigenvalue weighted by Gasteiger charge is 2.10. The van der Waals surface area contributed by atoms with Gasteiger partial charge in [-0.2, -0.15) is 4.98 Å². The lowest BCUT2D eigenvalue weighted by atomic mass is 10.1. The summed E-state index contributed by atoms with van der Waals surface area (Å²) in [6.07, 6.45) is 1.55. The molecule has 6 heteroatoms. The molecule has 19 heavy (non-hydrogen) atoms. The Balaban J connectivity index is 2.36. The average molecular weight is 294 g/mol. The number of hydrogen-bond acceptors (Lipinski definition) is 4. The number of thiocarbonyl (C=S) groups is 1. The number of halogens is 1. The fourth-order valence-electron chi connectivity index (χ4n) is 1.68. The Kier molecular flexibility index (Phi) is 3.97. The van der Waals surface area contributed by atoms with Crippen LogP contribution in [0, 0.1) is 13.8 Å². The largest absolute Gasteiger partial charge is 0.424 e. The third kappa shape index (κ3) is 3.19. The van der Waals surface area contributed by atoms with Crippen LogP contribution in [0.3, 0.4) is 0 Å². The molecule has 0 aliphatic rings. The van der Waals surface area contributed by atoms with E-state index in [0.29, 0.717) is 16.5 Å². The van der Waals surface area contributed by atoms with Crippen molar-refractivity contribution in [3.8, 4) is 11.8 Å². The van der Waals surface area contributed by atoms with E-state index in [0.717, 1.165) is 11.1 Å². The summed E-state index contributed by atoms with van der Waals surface area (Å²) < 4.78 is 5.69. The van der Waals surface area contributed by atoms with Gasteiger partial charge in [-0.1, -0.05) is 23.8 Å². The predicted molar refractivity (Wildman–Crippen MR) is 78.9 cm³/mol. The molecule has 1 aromatic heterocycles. The SMILES string of the molecule is Cc1cc(Cl)cc(C)c1Oc1nccc(C(N)=S)n1. The minimum atomic E-state index is 0.205. The molecule has 0 saturated carbocycles. The van der Waals surface area contributed by atoms with E-state index in [1.165, 1.54) is 0 Å². The maximum absolute atomic E-state index is 5.97. The second-order valence-electron chi connectivity index (χ2n) is 4.06. The molecular formula is C13H12ClN3OS. The lowest BCUT2D eigenvalue weighted by molar-refractivity contribution is 0.435. The van der Waals surface area contributed by atoms with Crippen molar-refractivity contribution >= 4 is 28.8 Å². The molecule has 98 valence electrons. The molecule has 0 aliphatic heterocycles. The smallest absolute Gasteiger partial charge is 0.322 e. The van der Waals surface area contributed by atoms with Gasteiger partial charge in [-0.3, -0.25) is 0 Å². The van der Waals surface area contributed by atoms with Crippen LogP contribution in [0.25, 0.3) is 0 Å². The van der Waals surface area contributed by atoms with Crippen LogP contribution < -0.4 is 10.5 Å². The van der Waals surface area contributed by atoms with Crippen LogP contribution in [0.2, 0.25) is 5.02 Å². The number of rotatable bonds is 3. The summed E-state index contributed by atoms with van der Waals surface area (Å²) in [5, 5.41) is 0.667. The number of hydrogen-bond donors (Lipinski definition) is 1. The Morgan fingerprint density at radius 1 is 1.32 bits per heavy atom. The Hall–Kier alpha value is -1.72. The average Bonchev–Trinajstić information content (AvgIpc) is 2.34. The maximum Gasteiger partial charge on any atom is 0.322 e. The molecule has 0 saturated heterocycles. The fourth-order valence-corrected chi connectivity index (χ4v) is 2.12. The van der Waals surface area contributed by atoms with Crippen molar-refractivity contribution in [1.29, 1.82) is 0 Å². The number of nitrogens with zero attached hydrogens (tertiary/aromatic N) is 2. The zero-order chi connectivity index (χ0) is 14.0. The van der Waals surface area contributed by atoms with Crippen LogP contribution >= 0.6 is 23.8 Å². The number of benzene rings is 1. The Morgan fingerprint density at radius 2 is 1.95 bits per heavy atom. The van der Waals surface area contributed by atoms with E-state index >= 15 is 0 Å². The van der Waals surface area contributed by atoms with Gasteiger partial charge in [0, 0.05) is 11.2 Å². The first-order chi connectivity index (χ1) is 8.97. The van der Waals surface area contributed by atoms with Gasteiger partial charge in [0.1, 0.15) is 16.4 Å². The molecule has 4 nitrogen and oxygen atoms in total. The summed E-state index contributed by atoms with van der Waals surface area (Å²) >= 11 is 10.8. The highest BCUT2D eigenvalue weighted by molar-refractivity contribution is 7.80. The number of aryl methyl sites for hydroxylation is 2. The molecule has 0 spiro atoms. The van der Waals surface area contributed by atoms with E-state index in [4.69, 9.17) is 34.3 Å². The van der Waals surface area contributed by atoms with Crippen LogP contribution in [-0.4, -0.2) is 15.0 Å². The summed E-state index contributed by atoms with van der Waals surface area (Å²) in [5.74, 6) is 0.685. The minimum absolute atomic E-state index is 0.205. The van der Waals surface area contributed by atoms with Crippen molar-refractivity contribution in [3.05, 3.63) is 46.2 Å². The van der Waals surface area contributed by atoms with E-state index in [1.54, 1.807) is 12.3 Å². The fraction of sp³-hybridized carbons (Fsp3) is 0.154. The monoisotopic (exact) mass is 293 g/mol. The summed E-state index contributed by atoms with van der Waals surface area (Å²) in [5.41, 5.74) is 7.82. The van der Waals surface area contributed by atoms with Crippen molar-refractivity contribution in [3.63, 3.8) is 0 Å². The van der Waals surface area contributed by atoms with Gasteiger partial charge in [-0.15, -0.1) is 0 Å². The van der Waals surface area contributed by atoms with Gasteiger partial charge in [0.25, 0.3) is 0 Å². The van der Waals surface area contributed by atoms with Gasteiger partial charge in [-0.25, -0.2) is 4.98 Å². The van der Waals surface area contributed by atoms with Crippen molar-refractivity contribution < 1.29 is 4.74 Å². The molecule has 0 bridgehead atoms. The normalized spacial score (nSPS) is 10.3. The van der Waals surface area contributed by atoms with E-state index < -0.39 is 0 Å². The summed E-state index contributed by atoms with van der Waals surface area (Å²) in [6, 6.07) is 5.48. The van der Waals surface area contributed by atoms with Gasteiger partial charge in [-0.05, 0) is 43.2 Å². The van der Waals surface area contributed by atoms with E-state index in [-0.39, 0.29) is 11.0 Å². The molecule has 2 N–H and O–H groups in total. The number of ether oxygens (including phenoxy) is 1. The first-order valence-electron chi connectivity index (χ1n) is 5.55. The van der Waals surface area contributed by atoms with Gasteiger partial charge < -0.3 is 10.5 Å². The van der Waals surface area contributed by atoms with Crippen molar-refractivity contribution in [1.82, 2.24) is 9.97 Å². The van der Waals surface area contributed by atoms with Crippen molar-refractivity contribution in [2.45, 2.75) is 13.8 Å². The first kappa shape index (κ1) is 13.7. The highest BCUT2D eigenvalue weighted by atomic mass is 35.5. The lowest BCUT2D eigenvalue weighted by Crippen LogP contribution is -2.12. The predicted octanol–water partition coefficient (Wildman–Crippen LogP) is 3.17. The maximum atomic E-state index is 5.97. The highest BCUT2D eigenvalue weighted by Crippen LogP contribution is 2.29. The summed E-state index contributed by atoms with van der Waals surface area (Å²) in [4.78, 5) is 8.39. The molecule has 1 heterocycles. The molecular weight excluding hydrogens is 282 g/mol. The third-order valence-electron chi connectivity index (χ3n) is 2.50. The molecule has 1 aromatic carbocycles. The number of aromatic nitrogens is 2. The van der Waals surface area contributed by atoms with E-state index in [1.807, 2.05) is 26.0 Å². The quantitative estimate of drug-likeness (QED) is 0.881. The zero-order valence-corrected chi connectivity index (χ0v) is 12.0. The van der Waals surface area contributed by atoms with Crippen LogP contribution in [0.4, 0.5) is 0 Å². The molecule has 2 rings (SSSR count). The van der Waals surface area contributed by atoms with Crippen LogP contribution in [0.5, 0.6) is 11.8 Å². The number of nitrogens with two attached hydrogens (primary N) is 1. The first-order valence-corrected chi connectivity index (χ1v) is 6.33. The van der Waals surface area contributed by atoms with Gasteiger partial charge in [0.05, 0.1) is 0 Å². The van der Waals surface area contributed by atoms with Crippen LogP contribution in [-0.2, 0) is 0 Å². The molecule has 0 atom stereocenters. The molecule has 0 amide bonds. The topological polar surface area (TPSA) is 61.0 Å². The lowest BCUT2D eigenvalue weighted by Gasteiger charge is -2.11. The Bertz CT molecular complexity index is 623. The van der Waals surface area contributed by atoms with E-state index in [2.05, 4.69) is 9.97 Å². The van der Waals surface area contributed by atoms with Gasteiger partial charge >= 0.3 is 6.01 Å². The molecule has 0 aliphatic carbocycles. The van der Waals surface area contributed by atoms with Crippen molar-refractivity contribution in [2.24, 2.45) is 5.73 Å². The molecule has 0 radical (unpaired) electrons. The third-order valence-corrected chi connectivity index (χ3v) is 2.93. The van der Waals surface area contributed by atoms with Crippen molar-refractivity contribution in [2.75, 3.05) is 0 Å². The summed E-state index contributed by atoms with van der Waals surface area (Å²) in [7, 11) is 0. The van der Waals surface area contributed by atoms with Gasteiger partial charge in [0.15, 0.2) is 0 Å². The molecule has 0 unspecified atom stereocenters. The van der Waals surface area contributed by atoms with E-state index in [9.17, 15) is 0 Å². The standard InChI is InChI=1S/C13H12ClN3OS/c1-7-5-9(14)6-8(2)11(7)18-13-16-4-3-10(17-13)12(15)19/h3-6H,1-2H3,(H2,15,19). The summed E-state index contributed by atoms with van der Waals surface area (Å²) in [6.45, 7) is 3.82. The Labute approximate surface area is 121 Å². The molecule has 2 aromatic rings. The van der Waals surface area contributed by atoms with Gasteiger partial charge in [0.2, 0.25) is 0 Å². The minimum Gasteiger partial charge on any atom is -0.424 e. The second kappa shape index (κ2) is 5.50. The second-order valence-corrected chi connectivity index (χ2v) is 4.94. The Morgan fingerprint density at radius 3 is 2.53 bits per heavy atom. The van der Waals surface area contributed by atoms with Crippen LogP contribution in [0.1, 0.15) is 16.8 Å². The van der Waals surface area contributed by atoms with Crippen LogP contribution in [0.15, 0.2) is 24.4 Å².